The molecule has 0 radical (unpaired) electrons. The molecule has 0 spiro atoms. The number of amides is 4. The number of likely N-dealkylation sites (N-methyl/N-ethyl adjacent to an activating group) is 3. The Hall–Kier alpha value is -5.70. The Labute approximate surface area is 771 Å². The number of sulfonamides is 1. The number of benzene rings is 6. The van der Waals surface area contributed by atoms with E-state index in [1.54, 1.807) is 70.3 Å². The summed E-state index contributed by atoms with van der Waals surface area (Å²) in [6.07, 6.45) is 0. The molecule has 0 saturated heterocycles. The summed E-state index contributed by atoms with van der Waals surface area (Å²) in [4.78, 5) is 64.6. The maximum absolute atomic E-state index is 13.6. The highest BCUT2D eigenvalue weighted by molar-refractivity contribution is 7.97. The molecule has 126 heavy (non-hydrogen) atoms. The normalized spacial score (nSPS) is 16.1. The second-order valence-corrected chi connectivity index (χ2v) is 37.4. The maximum Gasteiger partial charge on any atom is 0.323 e. The Morgan fingerprint density at radius 2 is 0.817 bits per heavy atom. The summed E-state index contributed by atoms with van der Waals surface area (Å²) in [6.45, 7) is 12.9. The van der Waals surface area contributed by atoms with Gasteiger partial charge in [0.25, 0.3) is 0 Å². The van der Waals surface area contributed by atoms with Crippen molar-refractivity contribution >= 4 is 114 Å². The lowest BCUT2D eigenvalue weighted by molar-refractivity contribution is -0.127. The van der Waals surface area contributed by atoms with Crippen molar-refractivity contribution in [2.24, 2.45) is 5.73 Å². The second-order valence-electron chi connectivity index (χ2n) is 30.7. The molecule has 1 unspecified atom stereocenters. The Morgan fingerprint density at radius 1 is 0.452 bits per heavy atom. The van der Waals surface area contributed by atoms with Crippen LogP contribution in [0.15, 0.2) is 124 Å². The van der Waals surface area contributed by atoms with Crippen molar-refractivity contribution in [2.75, 3.05) is 265 Å². The molecule has 39 heteroatoms. The van der Waals surface area contributed by atoms with Crippen molar-refractivity contribution in [2.45, 2.75) is 59.0 Å². The zero-order valence-electron chi connectivity index (χ0n) is 72.2. The van der Waals surface area contributed by atoms with Crippen molar-refractivity contribution in [3.05, 3.63) is 190 Å². The predicted molar refractivity (Wildman–Crippen MR) is 491 cm³/mol. The van der Waals surface area contributed by atoms with Crippen LogP contribution >= 0.6 is 70.0 Å². The standard InChI is InChI=1S/C87H122Cl5N13O18S3/c1-63-44-67(88)48-73-76(63)53-101(2)54-77(73)64-8-5-11-70(45-64)124-98-19-29-119-39-36-116-26-16-95-85(107)60-104(59-84(106)94-15-25-115-35-34-114-24-14-93)22-32-122-42-43-123-33-23-105(61-86(108)96-17-27-117-37-40-120-30-20-99-125(110,111)71-12-6-9-65(46-71)78-55-102(3)57-80-74(78)49-68(89)51-82(80)91)62-87(109)97-18-28-118-38-41-121-31-21-100-126(112,113)72-13-7-10-66(47-72)79-56-103(4)58-81-75(79)50-69(90)52-83(81)92/h5-13,44-52,77-79,98-99H,14-43,53-62,93H2,1-4H3,(H5-,94,95,96,97,100,106,107,108,109,112,113)/p+1/t77-,78-,79-/m0/s1. The van der Waals surface area contributed by atoms with Gasteiger partial charge in [-0.2, -0.15) is 4.55 Å². The molecule has 6 aromatic rings. The number of hydrogen-bond acceptors (Lipinski definition) is 25. The number of carbonyl (C=O) groups excluding carboxylic acids is 4. The van der Waals surface area contributed by atoms with Crippen LogP contribution in [0.1, 0.15) is 73.4 Å². The first-order chi connectivity index (χ1) is 60.8. The molecule has 4 amide bonds. The number of halogens is 5. The number of ether oxygens (including phenoxy) is 10. The third kappa shape index (κ3) is 36.5. The summed E-state index contributed by atoms with van der Waals surface area (Å²) < 4.78 is 117. The smallest absolute Gasteiger partial charge is 0.323 e. The van der Waals surface area contributed by atoms with Gasteiger partial charge in [0.05, 0.1) is 170 Å². The first-order valence-electron chi connectivity index (χ1n) is 42.3. The van der Waals surface area contributed by atoms with Crippen LogP contribution < -0.4 is 41.2 Å². The van der Waals surface area contributed by atoms with E-state index in [-0.39, 0.29) is 222 Å². The number of rotatable bonds is 61. The van der Waals surface area contributed by atoms with Crippen LogP contribution in [-0.4, -0.2) is 326 Å². The van der Waals surface area contributed by atoms with Gasteiger partial charge in [-0.1, -0.05) is 94.4 Å². The molecule has 0 fully saturated rings. The second kappa shape index (κ2) is 56.2. The van der Waals surface area contributed by atoms with Crippen LogP contribution in [0.5, 0.6) is 0 Å². The van der Waals surface area contributed by atoms with Gasteiger partial charge in [0.2, 0.25) is 38.5 Å². The Balaban J connectivity index is 0.662. The van der Waals surface area contributed by atoms with Gasteiger partial charge in [-0.25, -0.2) is 13.1 Å². The molecule has 6 aromatic carbocycles. The van der Waals surface area contributed by atoms with Crippen LogP contribution in [0.3, 0.4) is 0 Å². The highest BCUT2D eigenvalue weighted by Crippen LogP contribution is 2.42. The first-order valence-corrected chi connectivity index (χ1v) is 48.0. The maximum atomic E-state index is 13.6. The fraction of sp³-hybridized carbons (Fsp3) is 0.540. The molecule has 3 aliphatic rings. The van der Waals surface area contributed by atoms with Crippen LogP contribution in [0.2, 0.25) is 25.1 Å². The topological polar surface area (TPSA) is 358 Å². The van der Waals surface area contributed by atoms with E-state index in [1.807, 2.05) is 44.4 Å². The molecular formula is C87H123Cl5N13O18S3+. The SMILES string of the molecule is Cc1cc(Cl)cc2c1CN(C)C[C@H]2c1cccc(SNCCOCCOCCNC(=O)CN(CCOCCOCCN(CC(=O)NCCOCCOCCNS(=O)(=O)c2cccc([C@@H]3CN(C)Cc4c(Cl)cc(Cl)cc43)c2)CC(=O)NCCOCCOCCN[S+](=O)(O)c2cccc([C@@H]3CN(C)Cc4c(Cl)cc(Cl)cc43)c2)CC(=O)NCCOCCOCCN)c1. The number of aryl methyl sites for hydroxylation is 1. The molecule has 10 N–H and O–H groups in total. The van der Waals surface area contributed by atoms with Gasteiger partial charge >= 0.3 is 10.4 Å². The Bertz CT molecular complexity index is 4570. The van der Waals surface area contributed by atoms with Gasteiger partial charge in [-0.05, 0) is 167 Å². The summed E-state index contributed by atoms with van der Waals surface area (Å²) in [7, 11) is -1.39. The van der Waals surface area contributed by atoms with E-state index in [0.717, 1.165) is 56.4 Å². The lowest BCUT2D eigenvalue weighted by Gasteiger charge is -2.34. The van der Waals surface area contributed by atoms with Gasteiger partial charge < -0.3 is 89.1 Å². The fourth-order valence-corrected chi connectivity index (χ4v) is 19.0. The monoisotopic (exact) mass is 1910 g/mol. The molecule has 696 valence electrons. The lowest BCUT2D eigenvalue weighted by atomic mass is 9.83. The fourth-order valence-electron chi connectivity index (χ4n) is 14.7. The van der Waals surface area contributed by atoms with Crippen LogP contribution in [0, 0.1) is 6.92 Å². The number of carbonyl (C=O) groups is 4. The number of nitrogens with one attached hydrogen (secondary N) is 7. The largest absolute Gasteiger partial charge is 0.378 e. The number of fused-ring (bicyclic) bond motifs is 3. The predicted octanol–water partition coefficient (Wildman–Crippen LogP) is 7.30. The summed E-state index contributed by atoms with van der Waals surface area (Å²) in [5, 5.41) is 14.3. The highest BCUT2D eigenvalue weighted by atomic mass is 35.5. The number of nitrogens with zero attached hydrogens (tertiary/aromatic N) is 5. The summed E-state index contributed by atoms with van der Waals surface area (Å²) in [5.74, 6) is -1.41. The average Bonchev–Trinajstić information content (AvgIpc) is 0.777. The molecule has 4 atom stereocenters. The zero-order valence-corrected chi connectivity index (χ0v) is 78.5. The van der Waals surface area contributed by atoms with E-state index in [2.05, 4.69) is 94.4 Å². The molecule has 31 nitrogen and oxygen atoms in total. The minimum absolute atomic E-state index is 0.0140. The van der Waals surface area contributed by atoms with Crippen molar-refractivity contribution in [3.8, 4) is 0 Å². The van der Waals surface area contributed by atoms with E-state index in [9.17, 15) is 36.4 Å². The summed E-state index contributed by atoms with van der Waals surface area (Å²) in [5.41, 5.74) is 16.1. The molecule has 3 heterocycles. The van der Waals surface area contributed by atoms with Crippen LogP contribution in [0.25, 0.3) is 0 Å². The van der Waals surface area contributed by atoms with E-state index in [1.165, 1.54) is 22.3 Å². The zero-order chi connectivity index (χ0) is 90.1. The molecular weight excluding hydrogens is 1790 g/mol. The van der Waals surface area contributed by atoms with Gasteiger partial charge in [0, 0.05) is 152 Å². The van der Waals surface area contributed by atoms with Gasteiger partial charge in [0.15, 0.2) is 0 Å². The van der Waals surface area contributed by atoms with E-state index in [0.29, 0.717) is 99.0 Å². The molecule has 3 aliphatic heterocycles. The minimum atomic E-state index is -3.89. The van der Waals surface area contributed by atoms with Gasteiger partial charge in [0.1, 0.15) is 0 Å². The summed E-state index contributed by atoms with van der Waals surface area (Å²) in [6, 6.07) is 33.9. The van der Waals surface area contributed by atoms with Crippen molar-refractivity contribution in [1.29, 1.82) is 0 Å². The minimum Gasteiger partial charge on any atom is -0.378 e. The third-order valence-corrected chi connectivity index (χ3v) is 25.9. The van der Waals surface area contributed by atoms with Crippen LogP contribution in [-0.2, 0) is 111 Å². The van der Waals surface area contributed by atoms with E-state index < -0.39 is 20.4 Å². The number of hydrogen-bond donors (Lipinski definition) is 9. The lowest BCUT2D eigenvalue weighted by Crippen LogP contribution is -2.45. The van der Waals surface area contributed by atoms with Crippen molar-refractivity contribution in [1.82, 2.24) is 59.9 Å². The van der Waals surface area contributed by atoms with Crippen LogP contribution in [0.4, 0.5) is 0 Å². The van der Waals surface area contributed by atoms with E-state index >= 15 is 0 Å². The molecule has 0 aromatic heterocycles. The third-order valence-electron chi connectivity index (χ3n) is 20.8. The highest BCUT2D eigenvalue weighted by Gasteiger charge is 2.34. The Morgan fingerprint density at radius 3 is 1.27 bits per heavy atom. The average molecular weight is 1910 g/mol. The van der Waals surface area contributed by atoms with Gasteiger partial charge in [-0.15, -0.1) is 4.72 Å². The summed E-state index contributed by atoms with van der Waals surface area (Å²) >= 11 is 34.1. The van der Waals surface area contributed by atoms with E-state index in [4.69, 9.17) is 111 Å². The Kier molecular flexibility index (Phi) is 46.4. The van der Waals surface area contributed by atoms with Gasteiger partial charge in [-0.3, -0.25) is 33.7 Å². The molecule has 0 bridgehead atoms. The van der Waals surface area contributed by atoms with Crippen molar-refractivity contribution < 1.29 is 83.7 Å². The molecule has 0 saturated carbocycles. The molecule has 0 aliphatic carbocycles. The number of nitrogens with two attached hydrogens (primary N) is 1. The quantitative estimate of drug-likeness (QED) is 0.0103. The first kappa shape index (κ1) is 104. The molecule has 9 rings (SSSR count). The van der Waals surface area contributed by atoms with Crippen molar-refractivity contribution in [3.63, 3.8) is 0 Å².